The number of halogens is 2. The zero-order valence-corrected chi connectivity index (χ0v) is 7.35. The van der Waals surface area contributed by atoms with Gasteiger partial charge < -0.3 is 5.11 Å². The van der Waals surface area contributed by atoms with Crippen molar-refractivity contribution in [1.82, 2.24) is 4.98 Å². The van der Waals surface area contributed by atoms with Crippen LogP contribution in [0.5, 0.6) is 0 Å². The molecule has 1 rings (SSSR count). The zero-order valence-electron chi connectivity index (χ0n) is 5.01. The van der Waals surface area contributed by atoms with Crippen molar-refractivity contribution >= 4 is 27.5 Å². The molecule has 1 N–H and O–H groups in total. The Kier molecular flexibility index (Phi) is 2.65. The molecule has 0 bridgehead atoms. The van der Waals surface area contributed by atoms with Crippen molar-refractivity contribution in [2.75, 3.05) is 0 Å². The average molecular weight is 222 g/mol. The minimum atomic E-state index is -0.0278. The van der Waals surface area contributed by atoms with E-state index in [2.05, 4.69) is 20.9 Å². The lowest BCUT2D eigenvalue weighted by molar-refractivity contribution is 0.281. The van der Waals surface area contributed by atoms with Crippen molar-refractivity contribution in [1.29, 1.82) is 0 Å². The summed E-state index contributed by atoms with van der Waals surface area (Å²) in [5, 5.41) is 9.16. The lowest BCUT2D eigenvalue weighted by Gasteiger charge is -1.96. The number of pyridine rings is 1. The Morgan fingerprint density at radius 3 is 2.90 bits per heavy atom. The van der Waals surface area contributed by atoms with Crippen LogP contribution in [0.25, 0.3) is 0 Å². The first-order valence-electron chi connectivity index (χ1n) is 2.65. The maximum Gasteiger partial charge on any atom is 0.124 e. The van der Waals surface area contributed by atoms with Gasteiger partial charge in [0, 0.05) is 6.20 Å². The Balaban J connectivity index is 3.04. The molecule has 0 saturated heterocycles. The van der Waals surface area contributed by atoms with Crippen LogP contribution >= 0.6 is 27.5 Å². The fourth-order valence-corrected chi connectivity index (χ4v) is 0.953. The molecule has 0 aliphatic rings. The van der Waals surface area contributed by atoms with Crippen LogP contribution in [0.4, 0.5) is 0 Å². The molecule has 0 spiro atoms. The Bertz CT molecular complexity index is 241. The second-order valence-electron chi connectivity index (χ2n) is 1.77. The van der Waals surface area contributed by atoms with Crippen molar-refractivity contribution < 1.29 is 5.11 Å². The van der Waals surface area contributed by atoms with Crippen LogP contribution in [-0.4, -0.2) is 10.1 Å². The van der Waals surface area contributed by atoms with Gasteiger partial charge >= 0.3 is 0 Å². The van der Waals surface area contributed by atoms with Gasteiger partial charge in [0.15, 0.2) is 0 Å². The highest BCUT2D eigenvalue weighted by Crippen LogP contribution is 2.19. The molecule has 0 unspecified atom stereocenters. The first kappa shape index (κ1) is 7.98. The molecule has 0 aliphatic heterocycles. The quantitative estimate of drug-likeness (QED) is 0.737. The molecule has 1 aromatic rings. The molecule has 0 fully saturated rings. The third-order valence-electron chi connectivity index (χ3n) is 1.04. The van der Waals surface area contributed by atoms with Gasteiger partial charge in [-0.3, -0.25) is 0 Å². The highest BCUT2D eigenvalue weighted by Gasteiger charge is 1.97. The summed E-state index contributed by atoms with van der Waals surface area (Å²) in [4.78, 5) is 3.87. The summed E-state index contributed by atoms with van der Waals surface area (Å²) in [6.07, 6.45) is 1.57. The lowest BCUT2D eigenvalue weighted by Crippen LogP contribution is -1.85. The first-order chi connectivity index (χ1) is 4.74. The predicted molar refractivity (Wildman–Crippen MR) is 42.9 cm³/mol. The number of aliphatic hydroxyl groups is 1. The molecule has 0 radical (unpaired) electrons. The van der Waals surface area contributed by atoms with Gasteiger partial charge in [-0.25, -0.2) is 4.98 Å². The fraction of sp³-hybridized carbons (Fsp3) is 0.167. The minimum absolute atomic E-state index is 0.0278. The molecule has 10 heavy (non-hydrogen) atoms. The SMILES string of the molecule is OCc1cnc(Br)c(Cl)c1. The van der Waals surface area contributed by atoms with Crippen LogP contribution in [0.3, 0.4) is 0 Å². The van der Waals surface area contributed by atoms with Gasteiger partial charge in [-0.1, -0.05) is 11.6 Å². The molecule has 54 valence electrons. The number of aliphatic hydroxyl groups excluding tert-OH is 1. The van der Waals surface area contributed by atoms with Crippen molar-refractivity contribution in [2.24, 2.45) is 0 Å². The molecule has 1 aromatic heterocycles. The fourth-order valence-electron chi connectivity index (χ4n) is 0.547. The highest BCUT2D eigenvalue weighted by molar-refractivity contribution is 9.10. The Labute approximate surface area is 72.0 Å². The van der Waals surface area contributed by atoms with E-state index >= 15 is 0 Å². The number of nitrogens with zero attached hydrogens (tertiary/aromatic N) is 1. The van der Waals surface area contributed by atoms with Gasteiger partial charge in [-0.05, 0) is 27.6 Å². The van der Waals surface area contributed by atoms with Gasteiger partial charge in [0.1, 0.15) is 4.60 Å². The van der Waals surface area contributed by atoms with Crippen LogP contribution in [0.2, 0.25) is 5.02 Å². The summed E-state index contributed by atoms with van der Waals surface area (Å²) >= 11 is 8.81. The summed E-state index contributed by atoms with van der Waals surface area (Å²) in [7, 11) is 0. The molecular formula is C6H5BrClNO. The van der Waals surface area contributed by atoms with E-state index in [0.717, 1.165) is 0 Å². The summed E-state index contributed by atoms with van der Waals surface area (Å²) in [6.45, 7) is -0.0278. The molecule has 2 nitrogen and oxygen atoms in total. The van der Waals surface area contributed by atoms with E-state index in [4.69, 9.17) is 16.7 Å². The topological polar surface area (TPSA) is 33.1 Å². The maximum absolute atomic E-state index is 8.64. The van der Waals surface area contributed by atoms with Crippen LogP contribution in [-0.2, 0) is 6.61 Å². The average Bonchev–Trinajstić information content (AvgIpc) is 1.95. The molecule has 0 atom stereocenters. The van der Waals surface area contributed by atoms with Gasteiger partial charge in [-0.15, -0.1) is 0 Å². The van der Waals surface area contributed by atoms with Gasteiger partial charge in [-0.2, -0.15) is 0 Å². The largest absolute Gasteiger partial charge is 0.392 e. The molecule has 0 saturated carbocycles. The third-order valence-corrected chi connectivity index (χ3v) is 2.18. The summed E-state index contributed by atoms with van der Waals surface area (Å²) in [5.41, 5.74) is 0.716. The monoisotopic (exact) mass is 221 g/mol. The van der Waals surface area contributed by atoms with Crippen LogP contribution < -0.4 is 0 Å². The van der Waals surface area contributed by atoms with E-state index in [9.17, 15) is 0 Å². The second kappa shape index (κ2) is 3.32. The second-order valence-corrected chi connectivity index (χ2v) is 2.93. The van der Waals surface area contributed by atoms with Crippen molar-refractivity contribution in [3.63, 3.8) is 0 Å². The third kappa shape index (κ3) is 1.68. The number of hydrogen-bond acceptors (Lipinski definition) is 2. The molecule has 0 aromatic carbocycles. The molecular weight excluding hydrogens is 217 g/mol. The van der Waals surface area contributed by atoms with Gasteiger partial charge in [0.2, 0.25) is 0 Å². The maximum atomic E-state index is 8.64. The van der Waals surface area contributed by atoms with Gasteiger partial charge in [0.05, 0.1) is 11.6 Å². The minimum Gasteiger partial charge on any atom is -0.392 e. The predicted octanol–water partition coefficient (Wildman–Crippen LogP) is 1.99. The summed E-state index contributed by atoms with van der Waals surface area (Å²) < 4.78 is 0.603. The van der Waals surface area contributed by atoms with E-state index in [1.807, 2.05) is 0 Å². The number of hydrogen-bond donors (Lipinski definition) is 1. The van der Waals surface area contributed by atoms with Crippen molar-refractivity contribution in [3.8, 4) is 0 Å². The highest BCUT2D eigenvalue weighted by atomic mass is 79.9. The smallest absolute Gasteiger partial charge is 0.124 e. The Morgan fingerprint density at radius 2 is 2.40 bits per heavy atom. The number of rotatable bonds is 1. The molecule has 1 heterocycles. The molecule has 0 amide bonds. The normalized spacial score (nSPS) is 9.90. The van der Waals surface area contributed by atoms with E-state index in [-0.39, 0.29) is 6.61 Å². The lowest BCUT2D eigenvalue weighted by atomic mass is 10.3. The van der Waals surface area contributed by atoms with E-state index in [1.165, 1.54) is 0 Å². The van der Waals surface area contributed by atoms with E-state index in [0.29, 0.717) is 15.2 Å². The first-order valence-corrected chi connectivity index (χ1v) is 3.82. The summed E-state index contributed by atoms with van der Waals surface area (Å²) in [6, 6.07) is 1.67. The van der Waals surface area contributed by atoms with E-state index in [1.54, 1.807) is 12.3 Å². The van der Waals surface area contributed by atoms with Crippen molar-refractivity contribution in [3.05, 3.63) is 27.5 Å². The van der Waals surface area contributed by atoms with Gasteiger partial charge in [0.25, 0.3) is 0 Å². The number of aromatic nitrogens is 1. The Morgan fingerprint density at radius 1 is 1.70 bits per heavy atom. The summed E-state index contributed by atoms with van der Waals surface area (Å²) in [5.74, 6) is 0. The van der Waals surface area contributed by atoms with Crippen LogP contribution in [0, 0.1) is 0 Å². The molecule has 0 aliphatic carbocycles. The van der Waals surface area contributed by atoms with Crippen molar-refractivity contribution in [2.45, 2.75) is 6.61 Å². The van der Waals surface area contributed by atoms with Crippen LogP contribution in [0.1, 0.15) is 5.56 Å². The standard InChI is InChI=1S/C6H5BrClNO/c7-6-5(8)1-4(3-10)2-9-6/h1-2,10H,3H2. The van der Waals surface area contributed by atoms with E-state index < -0.39 is 0 Å². The molecule has 4 heteroatoms. The Hall–Kier alpha value is -0.120. The zero-order chi connectivity index (χ0) is 7.56. The van der Waals surface area contributed by atoms with Crippen LogP contribution in [0.15, 0.2) is 16.9 Å².